The number of benzene rings is 3. The van der Waals surface area contributed by atoms with Crippen LogP contribution in [0.15, 0.2) is 54.1 Å². The molecule has 1 N–H and O–H groups in total. The molecule has 3 aromatic rings. The van der Waals surface area contributed by atoms with Crippen molar-refractivity contribution in [3.05, 3.63) is 85.9 Å². The second-order valence-corrected chi connectivity index (χ2v) is 8.59. The highest BCUT2D eigenvalue weighted by atomic mass is 35.5. The van der Waals surface area contributed by atoms with Crippen molar-refractivity contribution >= 4 is 46.8 Å². The summed E-state index contributed by atoms with van der Waals surface area (Å²) in [6.45, 7) is 1.99. The van der Waals surface area contributed by atoms with E-state index in [9.17, 15) is 9.90 Å². The van der Waals surface area contributed by atoms with Crippen LogP contribution in [0.3, 0.4) is 0 Å². The van der Waals surface area contributed by atoms with Gasteiger partial charge in [0.2, 0.25) is 6.79 Å². The zero-order valence-corrected chi connectivity index (χ0v) is 19.4. The number of carboxylic acid groups (broad SMARTS) is 1. The monoisotopic (exact) mass is 488 g/mol. The molecule has 0 aromatic heterocycles. The Kier molecular flexibility index (Phi) is 6.66. The van der Waals surface area contributed by atoms with Gasteiger partial charge in [-0.15, -0.1) is 0 Å². The Morgan fingerprint density at radius 2 is 1.69 bits per heavy atom. The van der Waals surface area contributed by atoms with Gasteiger partial charge in [-0.2, -0.15) is 0 Å². The van der Waals surface area contributed by atoms with Crippen LogP contribution in [0, 0.1) is 0 Å². The van der Waals surface area contributed by atoms with Gasteiger partial charge in [-0.05, 0) is 58.5 Å². The van der Waals surface area contributed by atoms with E-state index in [1.54, 1.807) is 18.2 Å². The summed E-state index contributed by atoms with van der Waals surface area (Å²) in [6.07, 6.45) is 2.59. The number of carboxylic acids is 1. The van der Waals surface area contributed by atoms with Crippen molar-refractivity contribution in [2.75, 3.05) is 6.79 Å². The molecule has 4 nitrogen and oxygen atoms in total. The molecule has 0 atom stereocenters. The Morgan fingerprint density at radius 3 is 2.34 bits per heavy atom. The number of ether oxygens (including phenoxy) is 2. The first-order valence-electron chi connectivity index (χ1n) is 9.96. The number of hydrogen-bond acceptors (Lipinski definition) is 3. The number of fused-ring (bicyclic) bond motifs is 1. The maximum Gasteiger partial charge on any atom is 0.331 e. The molecule has 1 aliphatic heterocycles. The molecule has 0 amide bonds. The highest BCUT2D eigenvalue weighted by molar-refractivity contribution is 6.36. The molecule has 32 heavy (non-hydrogen) atoms. The lowest BCUT2D eigenvalue weighted by molar-refractivity contribution is -0.132. The fraction of sp³-hybridized carbons (Fsp3) is 0.160. The van der Waals surface area contributed by atoms with Gasteiger partial charge in [0, 0.05) is 33.1 Å². The fourth-order valence-electron chi connectivity index (χ4n) is 3.60. The zero-order valence-electron chi connectivity index (χ0n) is 17.1. The first-order valence-corrected chi connectivity index (χ1v) is 11.1. The van der Waals surface area contributed by atoms with Crippen LogP contribution in [0.2, 0.25) is 15.1 Å². The lowest BCUT2D eigenvalue weighted by Crippen LogP contribution is -1.98. The van der Waals surface area contributed by atoms with E-state index >= 15 is 0 Å². The number of carbonyl (C=O) groups is 1. The predicted octanol–water partition coefficient (Wildman–Crippen LogP) is 7.51. The van der Waals surface area contributed by atoms with E-state index in [-0.39, 0.29) is 6.79 Å². The summed E-state index contributed by atoms with van der Waals surface area (Å²) in [7, 11) is 0. The minimum absolute atomic E-state index is 0.171. The maximum absolute atomic E-state index is 11.3. The summed E-state index contributed by atoms with van der Waals surface area (Å²) in [5.74, 6) is 0.357. The van der Waals surface area contributed by atoms with E-state index in [2.05, 4.69) is 0 Å². The highest BCUT2D eigenvalue weighted by Crippen LogP contribution is 2.40. The summed E-state index contributed by atoms with van der Waals surface area (Å²) >= 11 is 19.4. The Balaban J connectivity index is 1.72. The van der Waals surface area contributed by atoms with Gasteiger partial charge in [0.25, 0.3) is 0 Å². The minimum Gasteiger partial charge on any atom is -0.478 e. The van der Waals surface area contributed by atoms with Gasteiger partial charge in [0.1, 0.15) is 0 Å². The van der Waals surface area contributed by atoms with E-state index < -0.39 is 5.97 Å². The van der Waals surface area contributed by atoms with E-state index in [1.165, 1.54) is 0 Å². The standard InChI is InChI=1S/C25H19Cl3O4/c1-2-15(25(29)30)7-14-3-5-16(6-4-14)19-10-18(26)11-22(28)20(19)8-17-9-23-24(12-21(17)27)32-13-31-23/h3-7,9-12H,2,8,13H2,1H3,(H,29,30). The molecule has 1 aliphatic rings. The molecule has 164 valence electrons. The topological polar surface area (TPSA) is 55.8 Å². The van der Waals surface area contributed by atoms with Gasteiger partial charge in [-0.25, -0.2) is 4.79 Å². The number of hydrogen-bond donors (Lipinski definition) is 1. The molecular weight excluding hydrogens is 471 g/mol. The minimum atomic E-state index is -0.916. The van der Waals surface area contributed by atoms with Crippen molar-refractivity contribution in [2.45, 2.75) is 19.8 Å². The molecule has 0 saturated carbocycles. The van der Waals surface area contributed by atoms with Crippen LogP contribution in [0.1, 0.15) is 30.0 Å². The Hall–Kier alpha value is -2.66. The normalized spacial score (nSPS) is 12.8. The van der Waals surface area contributed by atoms with Gasteiger partial charge in [0.15, 0.2) is 11.5 Å². The van der Waals surface area contributed by atoms with Gasteiger partial charge >= 0.3 is 5.97 Å². The smallest absolute Gasteiger partial charge is 0.331 e. The van der Waals surface area contributed by atoms with Gasteiger partial charge in [0.05, 0.1) is 0 Å². The Bertz CT molecular complexity index is 1220. The van der Waals surface area contributed by atoms with Gasteiger partial charge in [-0.3, -0.25) is 0 Å². The second-order valence-electron chi connectivity index (χ2n) is 7.34. The van der Waals surface area contributed by atoms with E-state index in [4.69, 9.17) is 44.3 Å². The molecule has 3 aromatic carbocycles. The molecule has 0 unspecified atom stereocenters. The van der Waals surface area contributed by atoms with Gasteiger partial charge < -0.3 is 14.6 Å². The molecule has 0 spiro atoms. The third-order valence-electron chi connectivity index (χ3n) is 5.29. The molecule has 7 heteroatoms. The molecular formula is C25H19Cl3O4. The van der Waals surface area contributed by atoms with Crippen molar-refractivity contribution in [1.82, 2.24) is 0 Å². The van der Waals surface area contributed by atoms with Crippen LogP contribution in [0.5, 0.6) is 11.5 Å². The summed E-state index contributed by atoms with van der Waals surface area (Å²) in [4.78, 5) is 11.3. The predicted molar refractivity (Wildman–Crippen MR) is 128 cm³/mol. The van der Waals surface area contributed by atoms with Crippen molar-refractivity contribution in [3.63, 3.8) is 0 Å². The van der Waals surface area contributed by atoms with E-state index in [0.717, 1.165) is 27.8 Å². The summed E-state index contributed by atoms with van der Waals surface area (Å²) in [5, 5.41) is 10.9. The average molecular weight is 490 g/mol. The van der Waals surface area contributed by atoms with Crippen molar-refractivity contribution < 1.29 is 19.4 Å². The average Bonchev–Trinajstić information content (AvgIpc) is 3.21. The van der Waals surface area contributed by atoms with Crippen LogP contribution < -0.4 is 9.47 Å². The van der Waals surface area contributed by atoms with Gasteiger partial charge in [-0.1, -0.05) is 66.0 Å². The largest absolute Gasteiger partial charge is 0.478 e. The Morgan fingerprint density at radius 1 is 1.00 bits per heavy atom. The second kappa shape index (κ2) is 9.45. The summed E-state index contributed by atoms with van der Waals surface area (Å²) in [5.41, 5.74) is 4.67. The quantitative estimate of drug-likeness (QED) is 0.364. The number of rotatable bonds is 6. The zero-order chi connectivity index (χ0) is 22.8. The lowest BCUT2D eigenvalue weighted by Gasteiger charge is -2.15. The molecule has 4 rings (SSSR count). The van der Waals surface area contributed by atoms with Crippen molar-refractivity contribution in [2.24, 2.45) is 0 Å². The molecule has 0 saturated heterocycles. The van der Waals surface area contributed by atoms with E-state index in [1.807, 2.05) is 43.3 Å². The third kappa shape index (κ3) is 4.73. The van der Waals surface area contributed by atoms with E-state index in [0.29, 0.717) is 45.0 Å². The number of halogens is 3. The van der Waals surface area contributed by atoms with Crippen LogP contribution in [-0.4, -0.2) is 17.9 Å². The Labute approximate surface area is 200 Å². The maximum atomic E-state index is 11.3. The summed E-state index contributed by atoms with van der Waals surface area (Å²) < 4.78 is 10.9. The van der Waals surface area contributed by atoms with Crippen molar-refractivity contribution in [1.29, 1.82) is 0 Å². The fourth-order valence-corrected chi connectivity index (χ4v) is 4.38. The van der Waals surface area contributed by atoms with Crippen LogP contribution in [0.25, 0.3) is 17.2 Å². The van der Waals surface area contributed by atoms with Crippen LogP contribution in [-0.2, 0) is 11.2 Å². The van der Waals surface area contributed by atoms with Crippen molar-refractivity contribution in [3.8, 4) is 22.6 Å². The highest BCUT2D eigenvalue weighted by Gasteiger charge is 2.19. The molecule has 1 heterocycles. The molecule has 0 aliphatic carbocycles. The molecule has 0 fully saturated rings. The van der Waals surface area contributed by atoms with Crippen LogP contribution >= 0.6 is 34.8 Å². The first-order chi connectivity index (χ1) is 15.4. The molecule has 0 radical (unpaired) electrons. The number of aliphatic carboxylic acids is 1. The van der Waals surface area contributed by atoms with Crippen LogP contribution in [0.4, 0.5) is 0 Å². The third-order valence-corrected chi connectivity index (χ3v) is 6.19. The lowest BCUT2D eigenvalue weighted by atomic mass is 9.94. The summed E-state index contributed by atoms with van der Waals surface area (Å²) in [6, 6.07) is 14.8. The first kappa shape index (κ1) is 22.5. The SMILES string of the molecule is CCC(=Cc1ccc(-c2cc(Cl)cc(Cl)c2Cc2cc3c(cc2Cl)OCO3)cc1)C(=O)O. The molecule has 0 bridgehead atoms.